The van der Waals surface area contributed by atoms with Crippen LogP contribution in [0.15, 0.2) is 57.7 Å². The number of rotatable bonds is 3. The Morgan fingerprint density at radius 3 is 2.62 bits per heavy atom. The molecule has 0 spiro atoms. The van der Waals surface area contributed by atoms with Crippen molar-refractivity contribution in [3.8, 4) is 0 Å². The second kappa shape index (κ2) is 6.45. The molecule has 3 rings (SSSR count). The van der Waals surface area contributed by atoms with Gasteiger partial charge >= 0.3 is 5.63 Å². The summed E-state index contributed by atoms with van der Waals surface area (Å²) in [6.07, 6.45) is 0. The second-order valence-corrected chi connectivity index (χ2v) is 5.76. The van der Waals surface area contributed by atoms with E-state index in [0.29, 0.717) is 10.4 Å². The molecule has 0 aliphatic carbocycles. The maximum atomic E-state index is 13.0. The molecule has 1 unspecified atom stereocenters. The summed E-state index contributed by atoms with van der Waals surface area (Å²) in [4.78, 5) is 24.4. The van der Waals surface area contributed by atoms with E-state index in [-0.39, 0.29) is 17.0 Å². The molecule has 6 heteroatoms. The van der Waals surface area contributed by atoms with E-state index < -0.39 is 17.6 Å². The van der Waals surface area contributed by atoms with Crippen LogP contribution >= 0.6 is 11.6 Å². The Kier molecular flexibility index (Phi) is 4.36. The fourth-order valence-electron chi connectivity index (χ4n) is 2.38. The monoisotopic (exact) mass is 345 g/mol. The first-order valence-corrected chi connectivity index (χ1v) is 7.62. The van der Waals surface area contributed by atoms with Gasteiger partial charge in [-0.1, -0.05) is 35.9 Å². The highest BCUT2D eigenvalue weighted by Crippen LogP contribution is 2.22. The standard InChI is InChI=1S/C18H13ClFNO3/c1-10(11-5-7-13(20)8-6-11)21-17(22)14-9-12-3-2-4-15(19)16(12)24-18(14)23/h2-10H,1H3,(H,21,22). The SMILES string of the molecule is CC(NC(=O)c1cc2cccc(Cl)c2oc1=O)c1ccc(F)cc1. The van der Waals surface area contributed by atoms with E-state index in [9.17, 15) is 14.0 Å². The van der Waals surface area contributed by atoms with Gasteiger partial charge in [0.15, 0.2) is 5.58 Å². The number of hydrogen-bond donors (Lipinski definition) is 1. The third-order valence-electron chi connectivity index (χ3n) is 3.67. The Bertz CT molecular complexity index is 966. The molecule has 0 fully saturated rings. The lowest BCUT2D eigenvalue weighted by Gasteiger charge is -2.14. The lowest BCUT2D eigenvalue weighted by atomic mass is 10.1. The quantitative estimate of drug-likeness (QED) is 0.728. The minimum absolute atomic E-state index is 0.112. The van der Waals surface area contributed by atoms with Crippen molar-refractivity contribution in [2.24, 2.45) is 0 Å². The molecule has 1 aromatic heterocycles. The summed E-state index contributed by atoms with van der Waals surface area (Å²) in [5.74, 6) is -0.924. The highest BCUT2D eigenvalue weighted by Gasteiger charge is 2.17. The van der Waals surface area contributed by atoms with Crippen LogP contribution < -0.4 is 10.9 Å². The Morgan fingerprint density at radius 2 is 1.92 bits per heavy atom. The van der Waals surface area contributed by atoms with Crippen LogP contribution in [-0.4, -0.2) is 5.91 Å². The number of halogens is 2. The van der Waals surface area contributed by atoms with E-state index in [1.54, 1.807) is 37.3 Å². The molecule has 1 amide bonds. The van der Waals surface area contributed by atoms with Gasteiger partial charge in [0.05, 0.1) is 11.1 Å². The molecular weight excluding hydrogens is 333 g/mol. The normalized spacial score (nSPS) is 12.1. The zero-order valence-corrected chi connectivity index (χ0v) is 13.4. The third-order valence-corrected chi connectivity index (χ3v) is 3.97. The predicted octanol–water partition coefficient (Wildman–Crippen LogP) is 4.08. The number of benzene rings is 2. The number of fused-ring (bicyclic) bond motifs is 1. The van der Waals surface area contributed by atoms with Crippen LogP contribution in [0.25, 0.3) is 11.0 Å². The maximum Gasteiger partial charge on any atom is 0.349 e. The average Bonchev–Trinajstić information content (AvgIpc) is 2.55. The molecule has 0 saturated carbocycles. The molecule has 122 valence electrons. The van der Waals surface area contributed by atoms with Crippen LogP contribution in [0.4, 0.5) is 4.39 Å². The van der Waals surface area contributed by atoms with Crippen LogP contribution in [0.3, 0.4) is 0 Å². The van der Waals surface area contributed by atoms with Crippen LogP contribution in [0.1, 0.15) is 28.9 Å². The van der Waals surface area contributed by atoms with Gasteiger partial charge in [-0.15, -0.1) is 0 Å². The van der Waals surface area contributed by atoms with Crippen molar-refractivity contribution in [1.82, 2.24) is 5.32 Å². The molecule has 0 aliphatic heterocycles. The zero-order chi connectivity index (χ0) is 17.3. The zero-order valence-electron chi connectivity index (χ0n) is 12.7. The summed E-state index contributed by atoms with van der Waals surface area (Å²) in [5.41, 5.74) is 0.0865. The van der Waals surface area contributed by atoms with Crippen molar-refractivity contribution in [1.29, 1.82) is 0 Å². The van der Waals surface area contributed by atoms with E-state index >= 15 is 0 Å². The highest BCUT2D eigenvalue weighted by molar-refractivity contribution is 6.34. The topological polar surface area (TPSA) is 59.3 Å². The van der Waals surface area contributed by atoms with E-state index in [1.807, 2.05) is 0 Å². The molecule has 3 aromatic rings. The summed E-state index contributed by atoms with van der Waals surface area (Å²) in [5, 5.41) is 3.56. The molecule has 0 bridgehead atoms. The van der Waals surface area contributed by atoms with Crippen molar-refractivity contribution in [3.05, 3.63) is 80.9 Å². The van der Waals surface area contributed by atoms with Gasteiger partial charge in [-0.3, -0.25) is 4.79 Å². The predicted molar refractivity (Wildman–Crippen MR) is 89.8 cm³/mol. The molecule has 1 N–H and O–H groups in total. The minimum atomic E-state index is -0.764. The van der Waals surface area contributed by atoms with E-state index in [4.69, 9.17) is 16.0 Å². The summed E-state index contributed by atoms with van der Waals surface area (Å²) in [6.45, 7) is 1.74. The first-order valence-electron chi connectivity index (χ1n) is 7.24. The maximum absolute atomic E-state index is 13.0. The lowest BCUT2D eigenvalue weighted by Crippen LogP contribution is -2.30. The van der Waals surface area contributed by atoms with Crippen LogP contribution in [0, 0.1) is 5.82 Å². The number of amides is 1. The Hall–Kier alpha value is -2.66. The third kappa shape index (κ3) is 3.16. The fourth-order valence-corrected chi connectivity index (χ4v) is 2.60. The van der Waals surface area contributed by atoms with Crippen LogP contribution in [0.2, 0.25) is 5.02 Å². The van der Waals surface area contributed by atoms with Crippen LogP contribution in [-0.2, 0) is 0 Å². The van der Waals surface area contributed by atoms with Crippen molar-refractivity contribution >= 4 is 28.5 Å². The number of hydrogen-bond acceptors (Lipinski definition) is 3. The minimum Gasteiger partial charge on any atom is -0.421 e. The summed E-state index contributed by atoms with van der Waals surface area (Å²) >= 11 is 5.97. The molecule has 1 heterocycles. The smallest absolute Gasteiger partial charge is 0.349 e. The van der Waals surface area contributed by atoms with Gasteiger partial charge in [-0.25, -0.2) is 9.18 Å². The molecule has 0 radical (unpaired) electrons. The molecule has 0 saturated heterocycles. The molecule has 0 aliphatic rings. The summed E-state index contributed by atoms with van der Waals surface area (Å²) in [6, 6.07) is 11.8. The fraction of sp³-hybridized carbons (Fsp3) is 0.111. The first kappa shape index (κ1) is 16.2. The molecule has 24 heavy (non-hydrogen) atoms. The van der Waals surface area contributed by atoms with E-state index in [2.05, 4.69) is 5.32 Å². The van der Waals surface area contributed by atoms with Gasteiger partial charge in [-0.05, 0) is 36.8 Å². The van der Waals surface area contributed by atoms with Crippen molar-refractivity contribution in [3.63, 3.8) is 0 Å². The number of para-hydroxylation sites is 1. The van der Waals surface area contributed by atoms with Gasteiger partial charge < -0.3 is 9.73 Å². The van der Waals surface area contributed by atoms with E-state index in [1.165, 1.54) is 18.2 Å². The second-order valence-electron chi connectivity index (χ2n) is 5.35. The summed E-state index contributed by atoms with van der Waals surface area (Å²) in [7, 11) is 0. The summed E-state index contributed by atoms with van der Waals surface area (Å²) < 4.78 is 18.1. The van der Waals surface area contributed by atoms with Gasteiger partial charge in [0.1, 0.15) is 11.4 Å². The molecular formula is C18H13ClFNO3. The highest BCUT2D eigenvalue weighted by atomic mass is 35.5. The van der Waals surface area contributed by atoms with Crippen molar-refractivity contribution in [2.45, 2.75) is 13.0 Å². The van der Waals surface area contributed by atoms with Crippen molar-refractivity contribution in [2.75, 3.05) is 0 Å². The Morgan fingerprint density at radius 1 is 1.21 bits per heavy atom. The number of carbonyl (C=O) groups is 1. The Balaban J connectivity index is 1.90. The van der Waals surface area contributed by atoms with E-state index in [0.717, 1.165) is 5.56 Å². The average molecular weight is 346 g/mol. The van der Waals surface area contributed by atoms with Crippen LogP contribution in [0.5, 0.6) is 0 Å². The van der Waals surface area contributed by atoms with Gasteiger partial charge in [0.2, 0.25) is 0 Å². The van der Waals surface area contributed by atoms with Gasteiger partial charge in [-0.2, -0.15) is 0 Å². The van der Waals surface area contributed by atoms with Gasteiger partial charge in [0.25, 0.3) is 5.91 Å². The van der Waals surface area contributed by atoms with Gasteiger partial charge in [0, 0.05) is 5.39 Å². The number of nitrogens with one attached hydrogen (secondary N) is 1. The first-order chi connectivity index (χ1) is 11.5. The molecule has 4 nitrogen and oxygen atoms in total. The van der Waals surface area contributed by atoms with Crippen molar-refractivity contribution < 1.29 is 13.6 Å². The number of carbonyl (C=O) groups excluding carboxylic acids is 1. The molecule has 2 aromatic carbocycles. The molecule has 1 atom stereocenters. The lowest BCUT2D eigenvalue weighted by molar-refractivity contribution is 0.0936. The largest absolute Gasteiger partial charge is 0.421 e. The Labute approximate surface area is 141 Å².